The fourth-order valence-corrected chi connectivity index (χ4v) is 2.30. The van der Waals surface area contributed by atoms with Crippen molar-refractivity contribution >= 4 is 28.1 Å². The van der Waals surface area contributed by atoms with Gasteiger partial charge in [0, 0.05) is 6.07 Å². The van der Waals surface area contributed by atoms with Crippen molar-refractivity contribution in [3.05, 3.63) is 27.0 Å². The van der Waals surface area contributed by atoms with Crippen molar-refractivity contribution in [2.45, 2.75) is 6.92 Å². The van der Waals surface area contributed by atoms with Crippen LogP contribution in [0.15, 0.2) is 10.9 Å². The Morgan fingerprint density at radius 3 is 2.93 bits per heavy atom. The quantitative estimate of drug-likeness (QED) is 0.729. The van der Waals surface area contributed by atoms with E-state index < -0.39 is 5.97 Å². The molecule has 0 fully saturated rings. The Kier molecular flexibility index (Phi) is 1.97. The molecule has 2 aromatic heterocycles. The number of fused-ring (bicyclic) bond motifs is 1. The van der Waals surface area contributed by atoms with Crippen molar-refractivity contribution < 1.29 is 9.90 Å². The molecular formula is C8H7N3O3S. The largest absolute Gasteiger partial charge is 0.477 e. The monoisotopic (exact) mass is 225 g/mol. The number of hydrogen-bond donors (Lipinski definition) is 2. The zero-order valence-corrected chi connectivity index (χ0v) is 8.54. The molecule has 0 aliphatic heterocycles. The van der Waals surface area contributed by atoms with E-state index in [9.17, 15) is 9.59 Å². The maximum absolute atomic E-state index is 11.5. The lowest BCUT2D eigenvalue weighted by atomic mass is 10.4. The fourth-order valence-electron chi connectivity index (χ4n) is 1.32. The van der Waals surface area contributed by atoms with Crippen LogP contribution >= 0.6 is 11.3 Å². The number of carbonyl (C=O) groups is 1. The fraction of sp³-hybridized carbons (Fsp3) is 0.125. The molecule has 0 aliphatic rings. The van der Waals surface area contributed by atoms with Crippen LogP contribution in [0.2, 0.25) is 0 Å². The van der Waals surface area contributed by atoms with Crippen LogP contribution < -0.4 is 11.3 Å². The van der Waals surface area contributed by atoms with Crippen LogP contribution in [0.3, 0.4) is 0 Å². The first-order valence-electron chi connectivity index (χ1n) is 4.02. The van der Waals surface area contributed by atoms with E-state index in [0.717, 1.165) is 11.3 Å². The molecule has 0 amide bonds. The molecule has 0 atom stereocenters. The lowest BCUT2D eigenvalue weighted by Crippen LogP contribution is -2.15. The third-order valence-corrected chi connectivity index (χ3v) is 3.09. The zero-order valence-electron chi connectivity index (χ0n) is 7.72. The number of anilines is 1. The summed E-state index contributed by atoms with van der Waals surface area (Å²) >= 11 is 0.933. The van der Waals surface area contributed by atoms with Crippen LogP contribution in [0.4, 0.5) is 5.82 Å². The highest BCUT2D eigenvalue weighted by Crippen LogP contribution is 2.20. The van der Waals surface area contributed by atoms with Gasteiger partial charge in [0.15, 0.2) is 4.96 Å². The van der Waals surface area contributed by atoms with Crippen LogP contribution in [0.5, 0.6) is 0 Å². The van der Waals surface area contributed by atoms with E-state index >= 15 is 0 Å². The molecule has 0 spiro atoms. The molecule has 0 aliphatic carbocycles. The number of hydrogen-bond acceptors (Lipinski definition) is 5. The third kappa shape index (κ3) is 1.37. The van der Waals surface area contributed by atoms with Gasteiger partial charge in [0.05, 0.1) is 5.69 Å². The van der Waals surface area contributed by atoms with Crippen molar-refractivity contribution in [3.63, 3.8) is 0 Å². The highest BCUT2D eigenvalue weighted by Gasteiger charge is 2.16. The van der Waals surface area contributed by atoms with E-state index in [-0.39, 0.29) is 16.3 Å². The number of aromatic nitrogens is 2. The topological polar surface area (TPSA) is 97.7 Å². The highest BCUT2D eigenvalue weighted by molar-refractivity contribution is 7.18. The molecule has 2 heterocycles. The Bertz CT molecular complexity index is 613. The Morgan fingerprint density at radius 2 is 2.33 bits per heavy atom. The van der Waals surface area contributed by atoms with Crippen LogP contribution in [0.25, 0.3) is 4.96 Å². The molecule has 0 bridgehead atoms. The van der Waals surface area contributed by atoms with Gasteiger partial charge in [-0.2, -0.15) is 0 Å². The van der Waals surface area contributed by atoms with E-state index in [0.29, 0.717) is 10.7 Å². The first-order chi connectivity index (χ1) is 7.00. The number of aromatic carboxylic acids is 1. The number of carboxylic acid groups (broad SMARTS) is 1. The summed E-state index contributed by atoms with van der Waals surface area (Å²) in [4.78, 5) is 26.6. The molecule has 0 saturated carbocycles. The van der Waals surface area contributed by atoms with Crippen LogP contribution in [-0.4, -0.2) is 20.5 Å². The summed E-state index contributed by atoms with van der Waals surface area (Å²) in [5, 5.41) is 8.86. The lowest BCUT2D eigenvalue weighted by Gasteiger charge is -1.95. The van der Waals surface area contributed by atoms with E-state index in [1.165, 1.54) is 10.5 Å². The van der Waals surface area contributed by atoms with Crippen molar-refractivity contribution in [2.75, 3.05) is 5.73 Å². The Morgan fingerprint density at radius 1 is 1.67 bits per heavy atom. The molecule has 6 nitrogen and oxygen atoms in total. The minimum atomic E-state index is -1.07. The zero-order chi connectivity index (χ0) is 11.2. The second kappa shape index (κ2) is 3.06. The summed E-state index contributed by atoms with van der Waals surface area (Å²) in [6, 6.07) is 1.17. The van der Waals surface area contributed by atoms with Gasteiger partial charge < -0.3 is 10.8 Å². The van der Waals surface area contributed by atoms with Crippen molar-refractivity contribution in [3.8, 4) is 0 Å². The number of carboxylic acids is 1. The van der Waals surface area contributed by atoms with Gasteiger partial charge in [-0.3, -0.25) is 9.20 Å². The summed E-state index contributed by atoms with van der Waals surface area (Å²) in [7, 11) is 0. The minimum absolute atomic E-state index is 0.0955. The second-order valence-electron chi connectivity index (χ2n) is 2.96. The maximum atomic E-state index is 11.5. The maximum Gasteiger partial charge on any atom is 0.347 e. The molecule has 15 heavy (non-hydrogen) atoms. The molecule has 2 rings (SSSR count). The molecule has 78 valence electrons. The normalized spacial score (nSPS) is 10.7. The first kappa shape index (κ1) is 9.66. The van der Waals surface area contributed by atoms with Crippen LogP contribution in [0, 0.1) is 6.92 Å². The number of thiazole rings is 1. The second-order valence-corrected chi connectivity index (χ2v) is 3.94. The van der Waals surface area contributed by atoms with Crippen LogP contribution in [0.1, 0.15) is 15.4 Å². The summed E-state index contributed by atoms with van der Waals surface area (Å²) in [6.07, 6.45) is 0. The SMILES string of the molecule is Cc1c(C(=O)O)sc2nc(N)cc(=O)n12. The van der Waals surface area contributed by atoms with Gasteiger partial charge in [0.1, 0.15) is 10.7 Å². The van der Waals surface area contributed by atoms with Gasteiger partial charge in [-0.1, -0.05) is 11.3 Å². The van der Waals surface area contributed by atoms with Gasteiger partial charge in [-0.15, -0.1) is 0 Å². The molecule has 0 radical (unpaired) electrons. The van der Waals surface area contributed by atoms with Gasteiger partial charge in [0.2, 0.25) is 0 Å². The highest BCUT2D eigenvalue weighted by atomic mass is 32.1. The van der Waals surface area contributed by atoms with E-state index in [2.05, 4.69) is 4.98 Å². The van der Waals surface area contributed by atoms with E-state index in [4.69, 9.17) is 10.8 Å². The number of nitrogen functional groups attached to an aromatic ring is 1. The smallest absolute Gasteiger partial charge is 0.347 e. The molecule has 2 aromatic rings. The predicted octanol–water partition coefficient (Wildman–Crippen LogP) is 0.345. The average Bonchev–Trinajstić information content (AvgIpc) is 2.42. The Balaban J connectivity index is 2.94. The number of nitrogens with two attached hydrogens (primary N) is 1. The molecular weight excluding hydrogens is 218 g/mol. The summed E-state index contributed by atoms with van der Waals surface area (Å²) in [5.41, 5.74) is 5.41. The van der Waals surface area contributed by atoms with Gasteiger partial charge in [-0.25, -0.2) is 9.78 Å². The average molecular weight is 225 g/mol. The van der Waals surface area contributed by atoms with Crippen LogP contribution in [-0.2, 0) is 0 Å². The number of aryl methyl sites for hydroxylation is 1. The van der Waals surface area contributed by atoms with Gasteiger partial charge in [0.25, 0.3) is 5.56 Å². The third-order valence-electron chi connectivity index (χ3n) is 1.96. The number of nitrogens with zero attached hydrogens (tertiary/aromatic N) is 2. The van der Waals surface area contributed by atoms with Gasteiger partial charge in [-0.05, 0) is 6.92 Å². The standard InChI is InChI=1S/C8H7N3O3S/c1-3-6(7(13)14)15-8-10-4(9)2-5(12)11(3)8/h2H,9H2,1H3,(H,13,14). The Labute approximate surface area is 87.6 Å². The summed E-state index contributed by atoms with van der Waals surface area (Å²) in [6.45, 7) is 1.56. The summed E-state index contributed by atoms with van der Waals surface area (Å²) in [5.74, 6) is -0.973. The predicted molar refractivity (Wildman–Crippen MR) is 55.4 cm³/mol. The van der Waals surface area contributed by atoms with Crippen molar-refractivity contribution in [1.29, 1.82) is 0 Å². The molecule has 0 saturated heterocycles. The first-order valence-corrected chi connectivity index (χ1v) is 4.84. The van der Waals surface area contributed by atoms with Crippen molar-refractivity contribution in [1.82, 2.24) is 9.38 Å². The van der Waals surface area contributed by atoms with Crippen molar-refractivity contribution in [2.24, 2.45) is 0 Å². The molecule has 7 heteroatoms. The van der Waals surface area contributed by atoms with Gasteiger partial charge >= 0.3 is 5.97 Å². The Hall–Kier alpha value is -1.89. The molecule has 0 aromatic carbocycles. The lowest BCUT2D eigenvalue weighted by molar-refractivity contribution is 0.0701. The molecule has 0 unspecified atom stereocenters. The minimum Gasteiger partial charge on any atom is -0.477 e. The number of rotatable bonds is 1. The van der Waals surface area contributed by atoms with E-state index in [1.54, 1.807) is 6.92 Å². The summed E-state index contributed by atoms with van der Waals surface area (Å²) < 4.78 is 1.24. The molecule has 3 N–H and O–H groups in total. The van der Waals surface area contributed by atoms with E-state index in [1.807, 2.05) is 0 Å².